The predicted molar refractivity (Wildman–Crippen MR) is 68.9 cm³/mol. The fraction of sp³-hybridized carbons (Fsp3) is 0.571. The Morgan fingerprint density at radius 3 is 2.50 bits per heavy atom. The number of para-hydroxylation sites is 1. The van der Waals surface area contributed by atoms with Gasteiger partial charge < -0.3 is 10.1 Å². The Hall–Kier alpha value is -1.02. The van der Waals surface area contributed by atoms with E-state index in [1.807, 2.05) is 6.07 Å². The van der Waals surface area contributed by atoms with Gasteiger partial charge in [-0.2, -0.15) is 0 Å². The van der Waals surface area contributed by atoms with Gasteiger partial charge in [0.25, 0.3) is 0 Å². The Balaban J connectivity index is 2.82. The number of hydrogen-bond acceptors (Lipinski definition) is 2. The molecule has 16 heavy (non-hydrogen) atoms. The summed E-state index contributed by atoms with van der Waals surface area (Å²) in [5.74, 6) is 1.00. The van der Waals surface area contributed by atoms with E-state index in [0.29, 0.717) is 6.04 Å². The molecular weight excluding hydrogens is 198 g/mol. The van der Waals surface area contributed by atoms with Crippen LogP contribution in [0.3, 0.4) is 0 Å². The summed E-state index contributed by atoms with van der Waals surface area (Å²) >= 11 is 0. The lowest BCUT2D eigenvalue weighted by atomic mass is 10.1. The van der Waals surface area contributed by atoms with Crippen molar-refractivity contribution in [3.05, 3.63) is 29.8 Å². The average Bonchev–Trinajstić information content (AvgIpc) is 2.30. The molecule has 0 bridgehead atoms. The summed E-state index contributed by atoms with van der Waals surface area (Å²) in [5.41, 5.74) is 1.24. The van der Waals surface area contributed by atoms with Crippen LogP contribution < -0.4 is 10.1 Å². The molecule has 0 radical (unpaired) electrons. The van der Waals surface area contributed by atoms with E-state index in [1.165, 1.54) is 5.56 Å². The monoisotopic (exact) mass is 221 g/mol. The highest BCUT2D eigenvalue weighted by atomic mass is 16.5. The van der Waals surface area contributed by atoms with Gasteiger partial charge in [-0.15, -0.1) is 0 Å². The molecule has 1 rings (SSSR count). The summed E-state index contributed by atoms with van der Waals surface area (Å²) < 4.78 is 5.92. The molecule has 0 saturated heterocycles. The summed E-state index contributed by atoms with van der Waals surface area (Å²) in [6, 6.07) is 8.61. The SMILES string of the molecule is CCN[C@@H](C)c1ccccc1O[C@@H](C)CC. The fourth-order valence-electron chi connectivity index (χ4n) is 1.66. The van der Waals surface area contributed by atoms with E-state index in [4.69, 9.17) is 4.74 Å². The summed E-state index contributed by atoms with van der Waals surface area (Å²) in [5, 5.41) is 3.41. The molecule has 0 fully saturated rings. The van der Waals surface area contributed by atoms with Crippen molar-refractivity contribution in [3.8, 4) is 5.75 Å². The summed E-state index contributed by atoms with van der Waals surface area (Å²) in [6.45, 7) is 9.51. The minimum absolute atomic E-state index is 0.273. The first-order chi connectivity index (χ1) is 7.69. The zero-order valence-electron chi connectivity index (χ0n) is 10.8. The highest BCUT2D eigenvalue weighted by molar-refractivity contribution is 5.35. The molecule has 0 unspecified atom stereocenters. The van der Waals surface area contributed by atoms with Crippen molar-refractivity contribution >= 4 is 0 Å². The van der Waals surface area contributed by atoms with Crippen molar-refractivity contribution in [1.29, 1.82) is 0 Å². The first-order valence-electron chi connectivity index (χ1n) is 6.18. The second kappa shape index (κ2) is 6.54. The normalized spacial score (nSPS) is 14.5. The number of hydrogen-bond donors (Lipinski definition) is 1. The van der Waals surface area contributed by atoms with Crippen molar-refractivity contribution in [1.82, 2.24) is 5.32 Å². The average molecular weight is 221 g/mol. The van der Waals surface area contributed by atoms with E-state index in [2.05, 4.69) is 51.2 Å². The molecule has 1 aromatic rings. The maximum Gasteiger partial charge on any atom is 0.124 e. The number of rotatable bonds is 6. The van der Waals surface area contributed by atoms with Gasteiger partial charge in [-0.05, 0) is 32.9 Å². The molecule has 0 aliphatic rings. The van der Waals surface area contributed by atoms with Crippen molar-refractivity contribution in [2.24, 2.45) is 0 Å². The topological polar surface area (TPSA) is 21.3 Å². The van der Waals surface area contributed by atoms with E-state index < -0.39 is 0 Å². The Morgan fingerprint density at radius 1 is 1.19 bits per heavy atom. The third kappa shape index (κ3) is 3.53. The highest BCUT2D eigenvalue weighted by Gasteiger charge is 2.11. The van der Waals surface area contributed by atoms with Gasteiger partial charge >= 0.3 is 0 Å². The molecule has 0 spiro atoms. The van der Waals surface area contributed by atoms with Crippen molar-refractivity contribution in [2.75, 3.05) is 6.54 Å². The molecule has 0 heterocycles. The molecule has 1 N–H and O–H groups in total. The zero-order valence-corrected chi connectivity index (χ0v) is 10.8. The van der Waals surface area contributed by atoms with Crippen LogP contribution in [0.5, 0.6) is 5.75 Å². The molecule has 0 aromatic heterocycles. The number of ether oxygens (including phenoxy) is 1. The molecular formula is C14H23NO. The van der Waals surface area contributed by atoms with Crippen molar-refractivity contribution < 1.29 is 4.74 Å². The van der Waals surface area contributed by atoms with Crippen LogP contribution in [0.1, 0.15) is 45.7 Å². The van der Waals surface area contributed by atoms with Gasteiger partial charge in [0, 0.05) is 11.6 Å². The summed E-state index contributed by atoms with van der Waals surface area (Å²) in [4.78, 5) is 0. The molecule has 2 nitrogen and oxygen atoms in total. The standard InChI is InChI=1S/C14H23NO/c1-5-11(3)16-14-10-8-7-9-13(14)12(4)15-6-2/h7-12,15H,5-6H2,1-4H3/t11-,12-/m0/s1. The van der Waals surface area contributed by atoms with Crippen LogP contribution in [-0.2, 0) is 0 Å². The van der Waals surface area contributed by atoms with Crippen LogP contribution in [0.2, 0.25) is 0 Å². The Kier molecular flexibility index (Phi) is 5.33. The molecule has 0 aliphatic heterocycles. The van der Waals surface area contributed by atoms with E-state index in [-0.39, 0.29) is 6.10 Å². The van der Waals surface area contributed by atoms with E-state index in [9.17, 15) is 0 Å². The van der Waals surface area contributed by atoms with Crippen molar-refractivity contribution in [3.63, 3.8) is 0 Å². The predicted octanol–water partition coefficient (Wildman–Crippen LogP) is 3.53. The molecule has 1 aromatic carbocycles. The number of benzene rings is 1. The van der Waals surface area contributed by atoms with Crippen LogP contribution in [0.4, 0.5) is 0 Å². The Bertz CT molecular complexity index is 311. The van der Waals surface area contributed by atoms with Crippen molar-refractivity contribution in [2.45, 2.75) is 46.3 Å². The first kappa shape index (κ1) is 13.0. The summed E-state index contributed by atoms with van der Waals surface area (Å²) in [6.07, 6.45) is 1.30. The highest BCUT2D eigenvalue weighted by Crippen LogP contribution is 2.25. The molecule has 2 heteroatoms. The third-order valence-electron chi connectivity index (χ3n) is 2.80. The van der Waals surface area contributed by atoms with E-state index in [0.717, 1.165) is 18.7 Å². The largest absolute Gasteiger partial charge is 0.490 e. The summed E-state index contributed by atoms with van der Waals surface area (Å²) in [7, 11) is 0. The van der Waals surface area contributed by atoms with Gasteiger partial charge in [-0.25, -0.2) is 0 Å². The fourth-order valence-corrected chi connectivity index (χ4v) is 1.66. The molecule has 0 saturated carbocycles. The third-order valence-corrected chi connectivity index (χ3v) is 2.80. The number of nitrogens with one attached hydrogen (secondary N) is 1. The maximum atomic E-state index is 5.92. The quantitative estimate of drug-likeness (QED) is 0.793. The van der Waals surface area contributed by atoms with Gasteiger partial charge in [0.2, 0.25) is 0 Å². The Labute approximate surface area is 99.0 Å². The minimum atomic E-state index is 0.273. The molecule has 0 amide bonds. The second-order valence-corrected chi connectivity index (χ2v) is 4.15. The maximum absolute atomic E-state index is 5.92. The van der Waals surface area contributed by atoms with Crippen LogP contribution >= 0.6 is 0 Å². The van der Waals surface area contributed by atoms with Gasteiger partial charge in [-0.1, -0.05) is 32.0 Å². The molecule has 2 atom stereocenters. The van der Waals surface area contributed by atoms with Crippen LogP contribution in [0, 0.1) is 0 Å². The molecule has 90 valence electrons. The smallest absolute Gasteiger partial charge is 0.124 e. The lowest BCUT2D eigenvalue weighted by molar-refractivity contribution is 0.214. The lowest BCUT2D eigenvalue weighted by Crippen LogP contribution is -2.19. The lowest BCUT2D eigenvalue weighted by Gasteiger charge is -2.20. The minimum Gasteiger partial charge on any atom is -0.490 e. The molecule has 0 aliphatic carbocycles. The van der Waals surface area contributed by atoms with Gasteiger partial charge in [0.1, 0.15) is 5.75 Å². The van der Waals surface area contributed by atoms with Crippen LogP contribution in [0.25, 0.3) is 0 Å². The van der Waals surface area contributed by atoms with Gasteiger partial charge in [0.05, 0.1) is 6.10 Å². The van der Waals surface area contributed by atoms with Gasteiger partial charge in [-0.3, -0.25) is 0 Å². The van der Waals surface area contributed by atoms with Gasteiger partial charge in [0.15, 0.2) is 0 Å². The Morgan fingerprint density at radius 2 is 1.88 bits per heavy atom. The zero-order chi connectivity index (χ0) is 12.0. The van der Waals surface area contributed by atoms with Crippen LogP contribution in [-0.4, -0.2) is 12.6 Å². The van der Waals surface area contributed by atoms with E-state index in [1.54, 1.807) is 0 Å². The van der Waals surface area contributed by atoms with E-state index >= 15 is 0 Å². The second-order valence-electron chi connectivity index (χ2n) is 4.15. The van der Waals surface area contributed by atoms with Crippen LogP contribution in [0.15, 0.2) is 24.3 Å². The first-order valence-corrected chi connectivity index (χ1v) is 6.18.